The summed E-state index contributed by atoms with van der Waals surface area (Å²) < 4.78 is 106. The van der Waals surface area contributed by atoms with Gasteiger partial charge in [0, 0.05) is 10.8 Å². The molecule has 0 aliphatic rings. The topological polar surface area (TPSA) is 13.1 Å². The molecule has 0 amide bonds. The highest BCUT2D eigenvalue weighted by Gasteiger charge is 2.18. The summed E-state index contributed by atoms with van der Waals surface area (Å²) >= 11 is 0. The first kappa shape index (κ1) is 15.5. The first-order valence-electron chi connectivity index (χ1n) is 19.4. The Morgan fingerprint density at radius 2 is 1.02 bits per heavy atom. The zero-order valence-electron chi connectivity index (χ0n) is 33.6. The smallest absolute Gasteiger partial charge is 0.136 e. The summed E-state index contributed by atoms with van der Waals surface area (Å²) in [4.78, 5) is 0. The van der Waals surface area contributed by atoms with Crippen LogP contribution in [0.1, 0.15) is 15.1 Å². The van der Waals surface area contributed by atoms with Crippen LogP contribution in [0.3, 0.4) is 0 Å². The first-order valence-corrected chi connectivity index (χ1v) is 13.9. The average Bonchev–Trinajstić information content (AvgIpc) is 3.59. The molecule has 0 fully saturated rings. The van der Waals surface area contributed by atoms with Crippen molar-refractivity contribution in [2.24, 2.45) is 0 Å². The summed E-state index contributed by atoms with van der Waals surface area (Å²) in [6.07, 6.45) is 0. The highest BCUT2D eigenvalue weighted by molar-refractivity contribution is 6.22. The second-order valence-electron chi connectivity index (χ2n) is 10.4. The normalized spacial score (nSPS) is 15.3. The molecule has 1 heteroatoms. The van der Waals surface area contributed by atoms with E-state index < -0.39 is 54.4 Å². The van der Waals surface area contributed by atoms with E-state index in [1.807, 2.05) is 54.6 Å². The SMILES string of the molecule is [2H]c1c([2H])c([2H])c2c(-c3c([2H])c([2H])c4c(oc5ccccc54)c3[2H])c3c([2H])c([2H])c([2H])c([2H])c3c(-c3cccc(-c4cccc5ccccc45)c3)c2c1[2H]. The number of furan rings is 1. The third-order valence-electron chi connectivity index (χ3n) is 8.02. The van der Waals surface area contributed by atoms with E-state index in [4.69, 9.17) is 11.3 Å². The monoisotopic (exact) mass is 557 g/mol. The molecule has 43 heavy (non-hydrogen) atoms. The van der Waals surface area contributed by atoms with Gasteiger partial charge in [-0.05, 0) is 89.9 Å². The Balaban J connectivity index is 1.52. The molecule has 1 aromatic heterocycles. The van der Waals surface area contributed by atoms with Crippen LogP contribution in [0.5, 0.6) is 0 Å². The summed E-state index contributed by atoms with van der Waals surface area (Å²) in [7, 11) is 0. The molecule has 9 rings (SSSR count). The molecule has 0 aliphatic carbocycles. The Labute approximate surface area is 264 Å². The van der Waals surface area contributed by atoms with Gasteiger partial charge >= 0.3 is 0 Å². The van der Waals surface area contributed by atoms with E-state index in [9.17, 15) is 8.22 Å². The second kappa shape index (κ2) is 9.44. The van der Waals surface area contributed by atoms with Crippen LogP contribution < -0.4 is 0 Å². The van der Waals surface area contributed by atoms with Gasteiger partial charge in [0.15, 0.2) is 0 Å². The molecule has 0 radical (unpaired) electrons. The van der Waals surface area contributed by atoms with Crippen LogP contribution in [-0.2, 0) is 0 Å². The van der Waals surface area contributed by atoms with Crippen LogP contribution in [0, 0.1) is 0 Å². The molecule has 0 aliphatic heterocycles. The van der Waals surface area contributed by atoms with Crippen molar-refractivity contribution in [2.75, 3.05) is 0 Å². The molecular formula is C42H26O. The lowest BCUT2D eigenvalue weighted by Crippen LogP contribution is -1.91. The van der Waals surface area contributed by atoms with Crippen LogP contribution in [0.2, 0.25) is 0 Å². The van der Waals surface area contributed by atoms with Crippen molar-refractivity contribution >= 4 is 54.3 Å². The molecule has 0 unspecified atom stereocenters. The van der Waals surface area contributed by atoms with Crippen molar-refractivity contribution in [3.8, 4) is 33.4 Å². The third-order valence-corrected chi connectivity index (χ3v) is 8.02. The molecule has 0 atom stereocenters. The highest BCUT2D eigenvalue weighted by Crippen LogP contribution is 2.45. The van der Waals surface area contributed by atoms with Gasteiger partial charge in [0.25, 0.3) is 0 Å². The summed E-state index contributed by atoms with van der Waals surface area (Å²) in [5.74, 6) is 0. The van der Waals surface area contributed by atoms with Gasteiger partial charge in [0.2, 0.25) is 0 Å². The van der Waals surface area contributed by atoms with E-state index in [0.29, 0.717) is 16.5 Å². The van der Waals surface area contributed by atoms with E-state index in [1.165, 1.54) is 0 Å². The number of para-hydroxylation sites is 1. The fourth-order valence-electron chi connectivity index (χ4n) is 6.14. The summed E-state index contributed by atoms with van der Waals surface area (Å²) in [6.45, 7) is 0. The van der Waals surface area contributed by atoms with E-state index >= 15 is 0 Å². The van der Waals surface area contributed by atoms with Gasteiger partial charge in [-0.1, -0.05) is 133 Å². The number of benzene rings is 8. The minimum atomic E-state index is -0.599. The number of rotatable bonds is 3. The lowest BCUT2D eigenvalue weighted by atomic mass is 9.85. The Morgan fingerprint density at radius 3 is 1.79 bits per heavy atom. The molecule has 0 bridgehead atoms. The molecule has 1 heterocycles. The van der Waals surface area contributed by atoms with Crippen LogP contribution in [0.4, 0.5) is 0 Å². The van der Waals surface area contributed by atoms with E-state index in [2.05, 4.69) is 0 Å². The quantitative estimate of drug-likeness (QED) is 0.197. The standard InChI is InChI=1S/C42H26O/c1-2-15-31-27(11-1)12-10-21-32(31)28-13-9-14-29(25-28)41-35-17-3-5-19-37(35)42(38-20-6-4-18-36(38)41)30-23-24-34-33-16-7-8-22-39(33)43-40(34)26-30/h1-26H/i3D,4D,5D,6D,17D,18D,19D,20D,23D,24D,26D. The summed E-state index contributed by atoms with van der Waals surface area (Å²) in [6, 6.07) is 22.6. The molecule has 200 valence electrons. The molecule has 1 nitrogen and oxygen atoms in total. The van der Waals surface area contributed by atoms with Gasteiger partial charge in [-0.3, -0.25) is 0 Å². The minimum Gasteiger partial charge on any atom is -0.456 e. The first-order chi connectivity index (χ1) is 25.9. The fourth-order valence-corrected chi connectivity index (χ4v) is 6.14. The zero-order valence-corrected chi connectivity index (χ0v) is 22.6. The number of hydrogen-bond donors (Lipinski definition) is 0. The Bertz CT molecular complexity index is 3040. The maximum Gasteiger partial charge on any atom is 0.136 e. The Kier molecular flexibility index (Phi) is 3.41. The summed E-state index contributed by atoms with van der Waals surface area (Å²) in [5, 5.41) is 2.37. The van der Waals surface area contributed by atoms with E-state index in [-0.39, 0.29) is 61.3 Å². The molecular weight excluding hydrogens is 520 g/mol. The van der Waals surface area contributed by atoms with Gasteiger partial charge < -0.3 is 4.42 Å². The molecule has 0 spiro atoms. The highest BCUT2D eigenvalue weighted by atomic mass is 16.3. The van der Waals surface area contributed by atoms with Crippen LogP contribution in [0.25, 0.3) is 87.6 Å². The second-order valence-corrected chi connectivity index (χ2v) is 10.4. The maximum absolute atomic E-state index is 9.46. The van der Waals surface area contributed by atoms with Crippen molar-refractivity contribution < 1.29 is 19.5 Å². The van der Waals surface area contributed by atoms with Crippen LogP contribution in [0.15, 0.2) is 162 Å². The van der Waals surface area contributed by atoms with Crippen molar-refractivity contribution in [3.63, 3.8) is 0 Å². The lowest BCUT2D eigenvalue weighted by Gasteiger charge is -2.18. The number of fused-ring (bicyclic) bond motifs is 6. The van der Waals surface area contributed by atoms with E-state index in [0.717, 1.165) is 21.9 Å². The van der Waals surface area contributed by atoms with Crippen molar-refractivity contribution in [1.29, 1.82) is 0 Å². The number of hydrogen-bond acceptors (Lipinski definition) is 1. The Morgan fingerprint density at radius 1 is 0.419 bits per heavy atom. The molecule has 9 aromatic rings. The molecule has 0 N–H and O–H groups in total. The zero-order chi connectivity index (χ0) is 37.9. The van der Waals surface area contributed by atoms with Gasteiger partial charge in [0.1, 0.15) is 11.2 Å². The predicted molar refractivity (Wildman–Crippen MR) is 183 cm³/mol. The van der Waals surface area contributed by atoms with Crippen LogP contribution in [-0.4, -0.2) is 0 Å². The summed E-state index contributed by atoms with van der Waals surface area (Å²) in [5.41, 5.74) is 2.19. The lowest BCUT2D eigenvalue weighted by molar-refractivity contribution is 0.669. The predicted octanol–water partition coefficient (Wildman–Crippen LogP) is 12.0. The maximum atomic E-state index is 9.46. The largest absolute Gasteiger partial charge is 0.456 e. The molecule has 0 saturated carbocycles. The van der Waals surface area contributed by atoms with Crippen molar-refractivity contribution in [3.05, 3.63) is 157 Å². The minimum absolute atomic E-state index is 0.0259. The van der Waals surface area contributed by atoms with Gasteiger partial charge in [-0.25, -0.2) is 0 Å². The van der Waals surface area contributed by atoms with Gasteiger partial charge in [0.05, 0.1) is 15.1 Å². The van der Waals surface area contributed by atoms with Gasteiger partial charge in [-0.2, -0.15) is 0 Å². The van der Waals surface area contributed by atoms with Crippen molar-refractivity contribution in [1.82, 2.24) is 0 Å². The average molecular weight is 558 g/mol. The van der Waals surface area contributed by atoms with Gasteiger partial charge in [-0.15, -0.1) is 0 Å². The van der Waals surface area contributed by atoms with E-state index in [1.54, 1.807) is 36.4 Å². The molecule has 8 aromatic carbocycles. The Hall–Kier alpha value is -5.66. The van der Waals surface area contributed by atoms with Crippen molar-refractivity contribution in [2.45, 2.75) is 0 Å². The third kappa shape index (κ3) is 3.72. The van der Waals surface area contributed by atoms with Crippen LogP contribution >= 0.6 is 0 Å². The molecule has 0 saturated heterocycles. The fraction of sp³-hybridized carbons (Fsp3) is 0.